The highest BCUT2D eigenvalue weighted by molar-refractivity contribution is 4.88. The number of nitrogens with zero attached hydrogens (tertiary/aromatic N) is 1. The lowest BCUT2D eigenvalue weighted by Crippen LogP contribution is -2.51. The maximum Gasteiger partial charge on any atom is 0.0103 e. The molecule has 1 aliphatic carbocycles. The first kappa shape index (κ1) is 13.4. The van der Waals surface area contributed by atoms with Gasteiger partial charge < -0.3 is 5.73 Å². The minimum Gasteiger partial charge on any atom is -0.330 e. The third kappa shape index (κ3) is 3.23. The van der Waals surface area contributed by atoms with Gasteiger partial charge in [-0.05, 0) is 63.3 Å². The molecule has 1 saturated heterocycles. The van der Waals surface area contributed by atoms with Crippen LogP contribution in [-0.2, 0) is 0 Å². The molecule has 2 rings (SSSR count). The fourth-order valence-electron chi connectivity index (χ4n) is 4.09. The van der Waals surface area contributed by atoms with Crippen LogP contribution < -0.4 is 5.73 Å². The third-order valence-electron chi connectivity index (χ3n) is 4.98. The second-order valence-corrected chi connectivity index (χ2v) is 6.80. The molecule has 17 heavy (non-hydrogen) atoms. The van der Waals surface area contributed by atoms with Crippen molar-refractivity contribution in [3.8, 4) is 0 Å². The van der Waals surface area contributed by atoms with E-state index in [9.17, 15) is 0 Å². The minimum absolute atomic E-state index is 0.749. The summed E-state index contributed by atoms with van der Waals surface area (Å²) in [5, 5.41) is 0. The zero-order valence-corrected chi connectivity index (χ0v) is 11.9. The van der Waals surface area contributed by atoms with Crippen LogP contribution in [0.25, 0.3) is 0 Å². The van der Waals surface area contributed by atoms with Gasteiger partial charge in [-0.1, -0.05) is 13.8 Å². The molecule has 0 bridgehead atoms. The van der Waals surface area contributed by atoms with E-state index in [1.807, 2.05) is 0 Å². The Morgan fingerprint density at radius 3 is 2.24 bits per heavy atom. The Bertz CT molecular complexity index is 231. The predicted octanol–water partition coefficient (Wildman–Crippen LogP) is 2.87. The van der Waals surface area contributed by atoms with Gasteiger partial charge in [0.2, 0.25) is 0 Å². The summed E-state index contributed by atoms with van der Waals surface area (Å²) in [6, 6.07) is 1.61. The lowest BCUT2D eigenvalue weighted by molar-refractivity contribution is 0.0332. The maximum atomic E-state index is 5.87. The molecule has 2 aliphatic rings. The number of hydrogen-bond donors (Lipinski definition) is 1. The van der Waals surface area contributed by atoms with Gasteiger partial charge in [0.15, 0.2) is 0 Å². The molecule has 0 aromatic heterocycles. The monoisotopic (exact) mass is 238 g/mol. The normalized spacial score (nSPS) is 44.8. The molecule has 4 unspecified atom stereocenters. The van der Waals surface area contributed by atoms with Gasteiger partial charge in [0, 0.05) is 18.6 Å². The van der Waals surface area contributed by atoms with Gasteiger partial charge in [0.25, 0.3) is 0 Å². The highest BCUT2D eigenvalue weighted by Crippen LogP contribution is 2.35. The van der Waals surface area contributed by atoms with Crippen molar-refractivity contribution in [3.63, 3.8) is 0 Å². The summed E-state index contributed by atoms with van der Waals surface area (Å²) < 4.78 is 0. The molecule has 2 N–H and O–H groups in total. The average Bonchev–Trinajstić information content (AvgIpc) is 2.28. The van der Waals surface area contributed by atoms with Crippen LogP contribution in [0.15, 0.2) is 0 Å². The first-order valence-electron chi connectivity index (χ1n) is 7.56. The first-order valence-corrected chi connectivity index (χ1v) is 7.56. The minimum atomic E-state index is 0.749. The van der Waals surface area contributed by atoms with Crippen LogP contribution in [0.5, 0.6) is 0 Å². The molecule has 100 valence electrons. The molecule has 0 spiro atoms. The summed E-state index contributed by atoms with van der Waals surface area (Å²) >= 11 is 0. The van der Waals surface area contributed by atoms with Crippen LogP contribution >= 0.6 is 0 Å². The summed E-state index contributed by atoms with van der Waals surface area (Å²) in [5.41, 5.74) is 5.87. The zero-order chi connectivity index (χ0) is 12.4. The second-order valence-electron chi connectivity index (χ2n) is 6.80. The van der Waals surface area contributed by atoms with Crippen LogP contribution in [0.4, 0.5) is 0 Å². The van der Waals surface area contributed by atoms with Gasteiger partial charge in [0.05, 0.1) is 0 Å². The molecule has 0 amide bonds. The summed E-state index contributed by atoms with van der Waals surface area (Å²) in [7, 11) is 0. The van der Waals surface area contributed by atoms with Crippen molar-refractivity contribution in [2.24, 2.45) is 23.5 Å². The van der Waals surface area contributed by atoms with Crippen LogP contribution in [0, 0.1) is 17.8 Å². The molecular formula is C15H30N2. The predicted molar refractivity (Wildman–Crippen MR) is 73.9 cm³/mol. The van der Waals surface area contributed by atoms with Crippen LogP contribution in [-0.4, -0.2) is 30.1 Å². The Morgan fingerprint density at radius 1 is 1.00 bits per heavy atom. The topological polar surface area (TPSA) is 29.3 Å². The van der Waals surface area contributed by atoms with E-state index in [1.165, 1.54) is 38.6 Å². The van der Waals surface area contributed by atoms with E-state index in [2.05, 4.69) is 25.7 Å². The Hall–Kier alpha value is -0.0800. The number of hydrogen-bond acceptors (Lipinski definition) is 2. The number of likely N-dealkylation sites (tertiary alicyclic amines) is 1. The standard InChI is InChI=1S/C15H30N2/c1-11-6-12(2)8-15(7-11)17-10-14(9-16)5-4-13(17)3/h11-15H,4-10,16H2,1-3H3. The summed E-state index contributed by atoms with van der Waals surface area (Å²) in [5.74, 6) is 2.57. The summed E-state index contributed by atoms with van der Waals surface area (Å²) in [6.07, 6.45) is 6.93. The van der Waals surface area contributed by atoms with Crippen LogP contribution in [0.1, 0.15) is 52.9 Å². The second kappa shape index (κ2) is 5.71. The van der Waals surface area contributed by atoms with Crippen molar-refractivity contribution in [2.75, 3.05) is 13.1 Å². The van der Waals surface area contributed by atoms with Crippen molar-refractivity contribution in [1.82, 2.24) is 4.90 Å². The van der Waals surface area contributed by atoms with Gasteiger partial charge in [-0.3, -0.25) is 4.90 Å². The van der Waals surface area contributed by atoms with E-state index in [-0.39, 0.29) is 0 Å². The largest absolute Gasteiger partial charge is 0.330 e. The Morgan fingerprint density at radius 2 is 1.65 bits per heavy atom. The van der Waals surface area contributed by atoms with Gasteiger partial charge in [-0.2, -0.15) is 0 Å². The van der Waals surface area contributed by atoms with Gasteiger partial charge >= 0.3 is 0 Å². The first-order chi connectivity index (χ1) is 8.10. The van der Waals surface area contributed by atoms with Gasteiger partial charge in [-0.15, -0.1) is 0 Å². The average molecular weight is 238 g/mol. The SMILES string of the molecule is CC1CC(C)CC(N2CC(CN)CCC2C)C1. The molecule has 2 nitrogen and oxygen atoms in total. The Labute approximate surface area is 107 Å². The molecule has 0 aromatic carbocycles. The van der Waals surface area contributed by atoms with E-state index in [4.69, 9.17) is 5.73 Å². The highest BCUT2D eigenvalue weighted by atomic mass is 15.2. The van der Waals surface area contributed by atoms with Crippen molar-refractivity contribution in [3.05, 3.63) is 0 Å². The van der Waals surface area contributed by atoms with Gasteiger partial charge in [-0.25, -0.2) is 0 Å². The molecule has 2 fully saturated rings. The third-order valence-corrected chi connectivity index (χ3v) is 4.98. The quantitative estimate of drug-likeness (QED) is 0.801. The smallest absolute Gasteiger partial charge is 0.0103 e. The zero-order valence-electron chi connectivity index (χ0n) is 11.9. The Balaban J connectivity index is 1.98. The summed E-state index contributed by atoms with van der Waals surface area (Å²) in [4.78, 5) is 2.78. The van der Waals surface area contributed by atoms with E-state index < -0.39 is 0 Å². The molecule has 2 heteroatoms. The van der Waals surface area contributed by atoms with Crippen molar-refractivity contribution >= 4 is 0 Å². The van der Waals surface area contributed by atoms with E-state index in [1.54, 1.807) is 0 Å². The molecule has 0 aromatic rings. The van der Waals surface area contributed by atoms with Crippen molar-refractivity contribution in [2.45, 2.75) is 65.0 Å². The molecule has 1 aliphatic heterocycles. The fraction of sp³-hybridized carbons (Fsp3) is 1.00. The molecule has 4 atom stereocenters. The van der Waals surface area contributed by atoms with E-state index >= 15 is 0 Å². The highest BCUT2D eigenvalue weighted by Gasteiger charge is 2.34. The maximum absolute atomic E-state index is 5.87. The fourth-order valence-corrected chi connectivity index (χ4v) is 4.09. The van der Waals surface area contributed by atoms with Crippen LogP contribution in [0.2, 0.25) is 0 Å². The van der Waals surface area contributed by atoms with E-state index in [0.717, 1.165) is 36.4 Å². The van der Waals surface area contributed by atoms with E-state index in [0.29, 0.717) is 0 Å². The Kier molecular flexibility index (Phi) is 4.48. The lowest BCUT2D eigenvalue weighted by atomic mass is 9.78. The lowest BCUT2D eigenvalue weighted by Gasteiger charge is -2.46. The molecule has 1 heterocycles. The molecule has 1 saturated carbocycles. The number of nitrogens with two attached hydrogens (primary N) is 1. The van der Waals surface area contributed by atoms with Crippen molar-refractivity contribution in [1.29, 1.82) is 0 Å². The van der Waals surface area contributed by atoms with Gasteiger partial charge in [0.1, 0.15) is 0 Å². The van der Waals surface area contributed by atoms with Crippen LogP contribution in [0.3, 0.4) is 0 Å². The molecule has 0 radical (unpaired) electrons. The molecular weight excluding hydrogens is 208 g/mol. The number of piperidine rings is 1. The number of rotatable bonds is 2. The summed E-state index contributed by atoms with van der Waals surface area (Å²) in [6.45, 7) is 9.40. The van der Waals surface area contributed by atoms with Crippen molar-refractivity contribution < 1.29 is 0 Å².